The fraction of sp³-hybridized carbons (Fsp3) is 0.438. The molecule has 1 aromatic carbocycles. The highest BCUT2D eigenvalue weighted by molar-refractivity contribution is 9.10. The maximum absolute atomic E-state index is 12.2. The van der Waals surface area contributed by atoms with Crippen LogP contribution in [0.3, 0.4) is 0 Å². The van der Waals surface area contributed by atoms with Crippen molar-refractivity contribution in [1.29, 1.82) is 0 Å². The van der Waals surface area contributed by atoms with Crippen molar-refractivity contribution in [3.63, 3.8) is 0 Å². The molecule has 0 unspecified atom stereocenters. The number of ether oxygens (including phenoxy) is 1. The van der Waals surface area contributed by atoms with Gasteiger partial charge in [0.05, 0.1) is 6.61 Å². The summed E-state index contributed by atoms with van der Waals surface area (Å²) in [6, 6.07) is 5.32. The topological polar surface area (TPSA) is 79.0 Å². The number of carbonyl (C=O) groups is 3. The predicted octanol–water partition coefficient (Wildman–Crippen LogP) is 2.00. The number of hydrogen-bond donors (Lipinski definition) is 1. The Labute approximate surface area is 149 Å². The van der Waals surface area contributed by atoms with Crippen molar-refractivity contribution in [3.05, 3.63) is 28.2 Å². The molecule has 8 heteroatoms. The van der Waals surface area contributed by atoms with Crippen LogP contribution < -0.4 is 5.32 Å². The van der Waals surface area contributed by atoms with Gasteiger partial charge in [0.25, 0.3) is 0 Å². The number of nitrogens with one attached hydrogen (secondary N) is 1. The average molecular weight is 398 g/mol. The smallest absolute Gasteiger partial charge is 0.409 e. The van der Waals surface area contributed by atoms with E-state index >= 15 is 0 Å². The third-order valence-corrected chi connectivity index (χ3v) is 4.59. The number of benzene rings is 1. The van der Waals surface area contributed by atoms with E-state index in [4.69, 9.17) is 4.74 Å². The molecule has 1 aliphatic heterocycles. The Morgan fingerprint density at radius 2 is 1.79 bits per heavy atom. The summed E-state index contributed by atoms with van der Waals surface area (Å²) in [6.45, 7) is 5.29. The summed E-state index contributed by atoms with van der Waals surface area (Å²) in [5.41, 5.74) is 1.53. The largest absolute Gasteiger partial charge is 0.450 e. The van der Waals surface area contributed by atoms with Crippen LogP contribution in [0.1, 0.15) is 12.5 Å². The van der Waals surface area contributed by atoms with Crippen LogP contribution in [0.5, 0.6) is 0 Å². The first kappa shape index (κ1) is 18.3. The summed E-state index contributed by atoms with van der Waals surface area (Å²) >= 11 is 3.39. The fourth-order valence-corrected chi connectivity index (χ4v) is 2.60. The molecular formula is C16H20BrN3O4. The standard InChI is InChI=1S/C16H20BrN3O4/c1-3-24-16(23)20-8-6-19(7-9-20)15(22)14(21)18-12-4-5-13(17)11(2)10-12/h4-5,10H,3,6-9H2,1-2H3,(H,18,21). The van der Waals surface area contributed by atoms with Crippen LogP contribution in [0.2, 0.25) is 0 Å². The molecule has 0 aromatic heterocycles. The van der Waals surface area contributed by atoms with Crippen LogP contribution in [0, 0.1) is 6.92 Å². The Balaban J connectivity index is 1.89. The van der Waals surface area contributed by atoms with Gasteiger partial charge in [0.1, 0.15) is 0 Å². The van der Waals surface area contributed by atoms with Gasteiger partial charge in [-0.2, -0.15) is 0 Å². The van der Waals surface area contributed by atoms with E-state index in [2.05, 4.69) is 21.2 Å². The molecule has 3 amide bonds. The molecule has 0 saturated carbocycles. The van der Waals surface area contributed by atoms with Gasteiger partial charge in [-0.3, -0.25) is 9.59 Å². The average Bonchev–Trinajstić information content (AvgIpc) is 2.58. The van der Waals surface area contributed by atoms with Crippen LogP contribution in [0.15, 0.2) is 22.7 Å². The van der Waals surface area contributed by atoms with Crippen LogP contribution in [0.4, 0.5) is 10.5 Å². The summed E-state index contributed by atoms with van der Waals surface area (Å²) in [5.74, 6) is -1.28. The van der Waals surface area contributed by atoms with Gasteiger partial charge in [-0.25, -0.2) is 4.79 Å². The minimum Gasteiger partial charge on any atom is -0.450 e. The lowest BCUT2D eigenvalue weighted by Gasteiger charge is -2.33. The number of piperazine rings is 1. The first-order chi connectivity index (χ1) is 11.4. The van der Waals surface area contributed by atoms with Crippen molar-refractivity contribution in [3.8, 4) is 0 Å². The van der Waals surface area contributed by atoms with Crippen molar-refractivity contribution >= 4 is 39.5 Å². The minimum absolute atomic E-state index is 0.310. The summed E-state index contributed by atoms with van der Waals surface area (Å²) in [4.78, 5) is 38.9. The Morgan fingerprint density at radius 1 is 1.17 bits per heavy atom. The number of hydrogen-bond acceptors (Lipinski definition) is 4. The van der Waals surface area contributed by atoms with Gasteiger partial charge >= 0.3 is 17.9 Å². The van der Waals surface area contributed by atoms with E-state index in [1.807, 2.05) is 13.0 Å². The lowest BCUT2D eigenvalue weighted by Crippen LogP contribution is -2.53. The van der Waals surface area contributed by atoms with Gasteiger partial charge in [-0.1, -0.05) is 15.9 Å². The fourth-order valence-electron chi connectivity index (χ4n) is 2.36. The zero-order valence-electron chi connectivity index (χ0n) is 13.7. The normalized spacial score (nSPS) is 14.3. The molecule has 0 spiro atoms. The first-order valence-corrected chi connectivity index (χ1v) is 8.49. The van der Waals surface area contributed by atoms with Crippen LogP contribution in [-0.4, -0.2) is 60.5 Å². The Morgan fingerprint density at radius 3 is 2.38 bits per heavy atom. The van der Waals surface area contributed by atoms with Gasteiger partial charge < -0.3 is 19.9 Å². The summed E-state index contributed by atoms with van der Waals surface area (Å²) in [7, 11) is 0. The second-order valence-electron chi connectivity index (χ2n) is 5.40. The molecule has 1 saturated heterocycles. The number of amides is 3. The van der Waals surface area contributed by atoms with Crippen molar-refractivity contribution < 1.29 is 19.1 Å². The molecular weight excluding hydrogens is 378 g/mol. The molecule has 1 aromatic rings. The van der Waals surface area contributed by atoms with E-state index in [9.17, 15) is 14.4 Å². The van der Waals surface area contributed by atoms with E-state index in [1.54, 1.807) is 19.1 Å². The van der Waals surface area contributed by atoms with Crippen molar-refractivity contribution in [2.24, 2.45) is 0 Å². The number of rotatable bonds is 2. The van der Waals surface area contributed by atoms with E-state index in [0.717, 1.165) is 10.0 Å². The van der Waals surface area contributed by atoms with Gasteiger partial charge in [0, 0.05) is 36.3 Å². The summed E-state index contributed by atoms with van der Waals surface area (Å²) in [6.07, 6.45) is -0.389. The maximum atomic E-state index is 12.2. The van der Waals surface area contributed by atoms with E-state index in [-0.39, 0.29) is 6.09 Å². The van der Waals surface area contributed by atoms with Crippen LogP contribution in [-0.2, 0) is 14.3 Å². The number of nitrogens with zero attached hydrogens (tertiary/aromatic N) is 2. The third-order valence-electron chi connectivity index (χ3n) is 3.70. The first-order valence-electron chi connectivity index (χ1n) is 7.70. The van der Waals surface area contributed by atoms with Gasteiger partial charge in [0.15, 0.2) is 0 Å². The molecule has 2 rings (SSSR count). The molecule has 0 bridgehead atoms. The SMILES string of the molecule is CCOC(=O)N1CCN(C(=O)C(=O)Nc2ccc(Br)c(C)c2)CC1. The number of aryl methyl sites for hydroxylation is 1. The van der Waals surface area contributed by atoms with Crippen molar-refractivity contribution in [1.82, 2.24) is 9.80 Å². The molecule has 1 fully saturated rings. The molecule has 24 heavy (non-hydrogen) atoms. The second-order valence-corrected chi connectivity index (χ2v) is 6.25. The molecule has 0 aliphatic carbocycles. The Hall–Kier alpha value is -2.09. The van der Waals surface area contributed by atoms with E-state index in [0.29, 0.717) is 38.5 Å². The van der Waals surface area contributed by atoms with Crippen LogP contribution >= 0.6 is 15.9 Å². The molecule has 1 aliphatic rings. The number of anilines is 1. The molecule has 0 atom stereocenters. The lowest BCUT2D eigenvalue weighted by molar-refractivity contribution is -0.144. The van der Waals surface area contributed by atoms with Gasteiger partial charge in [-0.05, 0) is 37.6 Å². The Kier molecular flexibility index (Phi) is 6.19. The van der Waals surface area contributed by atoms with Crippen molar-refractivity contribution in [2.45, 2.75) is 13.8 Å². The van der Waals surface area contributed by atoms with E-state index < -0.39 is 11.8 Å². The predicted molar refractivity (Wildman–Crippen MR) is 92.7 cm³/mol. The number of halogens is 1. The molecule has 130 valence electrons. The number of carbonyl (C=O) groups excluding carboxylic acids is 3. The zero-order valence-corrected chi connectivity index (χ0v) is 15.3. The monoisotopic (exact) mass is 397 g/mol. The highest BCUT2D eigenvalue weighted by atomic mass is 79.9. The quantitative estimate of drug-likeness (QED) is 0.773. The van der Waals surface area contributed by atoms with Gasteiger partial charge in [0.2, 0.25) is 0 Å². The molecule has 1 N–H and O–H groups in total. The highest BCUT2D eigenvalue weighted by Gasteiger charge is 2.28. The van der Waals surface area contributed by atoms with Crippen LogP contribution in [0.25, 0.3) is 0 Å². The summed E-state index contributed by atoms with van der Waals surface area (Å²) in [5, 5.41) is 2.61. The van der Waals surface area contributed by atoms with Crippen molar-refractivity contribution in [2.75, 3.05) is 38.1 Å². The third kappa shape index (κ3) is 4.47. The van der Waals surface area contributed by atoms with Gasteiger partial charge in [-0.15, -0.1) is 0 Å². The molecule has 0 radical (unpaired) electrons. The molecule has 7 nitrogen and oxygen atoms in total. The zero-order chi connectivity index (χ0) is 17.7. The highest BCUT2D eigenvalue weighted by Crippen LogP contribution is 2.20. The lowest BCUT2D eigenvalue weighted by atomic mass is 10.2. The minimum atomic E-state index is -0.679. The second kappa shape index (κ2) is 8.14. The summed E-state index contributed by atoms with van der Waals surface area (Å²) < 4.78 is 5.86. The maximum Gasteiger partial charge on any atom is 0.409 e. The van der Waals surface area contributed by atoms with E-state index in [1.165, 1.54) is 9.80 Å². The molecule has 1 heterocycles. The Bertz CT molecular complexity index is 642.